The van der Waals surface area contributed by atoms with Crippen molar-refractivity contribution in [2.24, 2.45) is 0 Å². The molecule has 3 heterocycles. The molecular weight excluding hydrogens is 685 g/mol. The molecule has 12 rings (SSSR count). The average Bonchev–Trinajstić information content (AvgIpc) is 3.79. The third-order valence-corrected chi connectivity index (χ3v) is 11.2. The molecule has 12 aromatic rings. The van der Waals surface area contributed by atoms with Gasteiger partial charge in [0, 0.05) is 43.6 Å². The van der Waals surface area contributed by atoms with Gasteiger partial charge in [0.2, 0.25) is 0 Å². The van der Waals surface area contributed by atoms with Gasteiger partial charge in [0.25, 0.3) is 0 Å². The zero-order chi connectivity index (χ0) is 36.7. The van der Waals surface area contributed by atoms with Crippen LogP contribution < -0.4 is 0 Å². The van der Waals surface area contributed by atoms with E-state index in [-0.39, 0.29) is 0 Å². The second-order valence-electron chi connectivity index (χ2n) is 14.4. The fourth-order valence-corrected chi connectivity index (χ4v) is 8.49. The van der Waals surface area contributed by atoms with Crippen molar-refractivity contribution < 1.29 is 4.42 Å². The van der Waals surface area contributed by atoms with Gasteiger partial charge in [-0.15, -0.1) is 0 Å². The third kappa shape index (κ3) is 4.71. The number of furan rings is 1. The van der Waals surface area contributed by atoms with Crippen LogP contribution in [0.3, 0.4) is 0 Å². The first-order chi connectivity index (χ1) is 27.7. The smallest absolute Gasteiger partial charge is 0.164 e. The number of aromatic nitrogens is 4. The molecule has 3 aromatic heterocycles. The number of hydrogen-bond donors (Lipinski definition) is 0. The Morgan fingerprint density at radius 2 is 0.911 bits per heavy atom. The van der Waals surface area contributed by atoms with E-state index in [1.807, 2.05) is 30.3 Å². The van der Waals surface area contributed by atoms with Crippen LogP contribution in [0, 0.1) is 0 Å². The molecular formula is C51H30N4O. The largest absolute Gasteiger partial charge is 0.454 e. The van der Waals surface area contributed by atoms with Crippen LogP contribution in [-0.2, 0) is 0 Å². The molecule has 56 heavy (non-hydrogen) atoms. The highest BCUT2D eigenvalue weighted by molar-refractivity contribution is 6.20. The highest BCUT2D eigenvalue weighted by Gasteiger charge is 2.22. The van der Waals surface area contributed by atoms with E-state index in [4.69, 9.17) is 19.4 Å². The summed E-state index contributed by atoms with van der Waals surface area (Å²) < 4.78 is 9.35. The van der Waals surface area contributed by atoms with E-state index in [2.05, 4.69) is 156 Å². The maximum Gasteiger partial charge on any atom is 0.164 e. The van der Waals surface area contributed by atoms with Crippen molar-refractivity contribution in [2.75, 3.05) is 0 Å². The van der Waals surface area contributed by atoms with Gasteiger partial charge in [-0.25, -0.2) is 15.0 Å². The number of fused-ring (bicyclic) bond motifs is 9. The predicted molar refractivity (Wildman–Crippen MR) is 230 cm³/mol. The summed E-state index contributed by atoms with van der Waals surface area (Å²) in [7, 11) is 0. The lowest BCUT2D eigenvalue weighted by atomic mass is 10.0. The first-order valence-electron chi connectivity index (χ1n) is 18.8. The first kappa shape index (κ1) is 30.8. The van der Waals surface area contributed by atoms with E-state index >= 15 is 0 Å². The summed E-state index contributed by atoms with van der Waals surface area (Å²) in [6.45, 7) is 0. The minimum Gasteiger partial charge on any atom is -0.454 e. The minimum atomic E-state index is 0.605. The molecule has 0 aliphatic rings. The monoisotopic (exact) mass is 714 g/mol. The molecule has 0 radical (unpaired) electrons. The standard InChI is InChI=1S/C51H30N4O/c1-2-13-32(14-3-1)49-52-50(37-23-22-31-12-4-5-15-33(31)26-37)54-51(53-49)38-24-25-46-42(29-38)43-28-36-18-8-9-19-39(36)47(48(43)56-46)55-44-21-11-10-20-40(44)41-27-34-16-6-7-17-35(34)30-45(41)55/h1-30H. The van der Waals surface area contributed by atoms with Gasteiger partial charge in [0.05, 0.1) is 16.7 Å². The van der Waals surface area contributed by atoms with E-state index < -0.39 is 0 Å². The van der Waals surface area contributed by atoms with E-state index in [0.717, 1.165) is 71.5 Å². The SMILES string of the molecule is c1ccc(-c2nc(-c3ccc4ccccc4c3)nc(-c3ccc4oc5c(-n6c7ccccc7c7cc8ccccc8cc76)c6ccccc6cc5c4c3)n2)cc1. The predicted octanol–water partition coefficient (Wildman–Crippen LogP) is 13.3. The van der Waals surface area contributed by atoms with Gasteiger partial charge >= 0.3 is 0 Å². The van der Waals surface area contributed by atoms with Crippen molar-refractivity contribution in [2.45, 2.75) is 0 Å². The number of benzene rings is 9. The van der Waals surface area contributed by atoms with Crippen molar-refractivity contribution in [3.63, 3.8) is 0 Å². The Morgan fingerprint density at radius 3 is 1.70 bits per heavy atom. The van der Waals surface area contributed by atoms with Crippen LogP contribution in [0.2, 0.25) is 0 Å². The lowest BCUT2D eigenvalue weighted by molar-refractivity contribution is 0.667. The molecule has 5 nitrogen and oxygen atoms in total. The molecule has 9 aromatic carbocycles. The van der Waals surface area contributed by atoms with Gasteiger partial charge < -0.3 is 8.98 Å². The summed E-state index contributed by atoms with van der Waals surface area (Å²) >= 11 is 0. The van der Waals surface area contributed by atoms with Crippen molar-refractivity contribution in [1.82, 2.24) is 19.5 Å². The fourth-order valence-electron chi connectivity index (χ4n) is 8.49. The number of para-hydroxylation sites is 1. The summed E-state index contributed by atoms with van der Waals surface area (Å²) in [4.78, 5) is 15.2. The molecule has 0 aliphatic heterocycles. The van der Waals surface area contributed by atoms with Crippen molar-refractivity contribution in [3.05, 3.63) is 182 Å². The molecule has 0 atom stereocenters. The van der Waals surface area contributed by atoms with Crippen LogP contribution in [0.1, 0.15) is 0 Å². The second-order valence-corrected chi connectivity index (χ2v) is 14.4. The summed E-state index contributed by atoms with van der Waals surface area (Å²) in [5.74, 6) is 1.86. The number of hydrogen-bond acceptors (Lipinski definition) is 4. The molecule has 0 aliphatic carbocycles. The number of nitrogens with zero attached hydrogens (tertiary/aromatic N) is 4. The third-order valence-electron chi connectivity index (χ3n) is 11.2. The molecule has 0 bridgehead atoms. The number of rotatable bonds is 4. The Bertz CT molecular complexity index is 3540. The Balaban J connectivity index is 1.12. The van der Waals surface area contributed by atoms with Gasteiger partial charge in [0.15, 0.2) is 23.1 Å². The lowest BCUT2D eigenvalue weighted by Gasteiger charge is -2.13. The second kappa shape index (κ2) is 11.9. The van der Waals surface area contributed by atoms with Crippen molar-refractivity contribution >= 4 is 76.1 Å². The molecule has 0 spiro atoms. The normalized spacial score (nSPS) is 11.9. The lowest BCUT2D eigenvalue weighted by Crippen LogP contribution is -2.00. The summed E-state index contributed by atoms with van der Waals surface area (Å²) in [6.07, 6.45) is 0. The first-order valence-corrected chi connectivity index (χ1v) is 18.8. The average molecular weight is 715 g/mol. The van der Waals surface area contributed by atoms with Gasteiger partial charge in [0.1, 0.15) is 5.58 Å². The van der Waals surface area contributed by atoms with Gasteiger partial charge in [-0.05, 0) is 75.5 Å². The van der Waals surface area contributed by atoms with Crippen LogP contribution in [0.15, 0.2) is 186 Å². The van der Waals surface area contributed by atoms with Gasteiger partial charge in [-0.3, -0.25) is 0 Å². The maximum atomic E-state index is 6.94. The Morgan fingerprint density at radius 1 is 0.339 bits per heavy atom. The molecule has 0 unspecified atom stereocenters. The van der Waals surface area contributed by atoms with Crippen LogP contribution >= 0.6 is 0 Å². The Hall–Kier alpha value is -7.63. The summed E-state index contributed by atoms with van der Waals surface area (Å²) in [5.41, 5.74) is 7.71. The van der Waals surface area contributed by atoms with E-state index in [1.54, 1.807) is 0 Å². The summed E-state index contributed by atoms with van der Waals surface area (Å²) in [6, 6.07) is 63.9. The zero-order valence-electron chi connectivity index (χ0n) is 30.0. The highest BCUT2D eigenvalue weighted by atomic mass is 16.3. The Kier molecular flexibility index (Phi) is 6.56. The maximum absolute atomic E-state index is 6.94. The van der Waals surface area contributed by atoms with E-state index in [0.29, 0.717) is 17.5 Å². The topological polar surface area (TPSA) is 56.7 Å². The zero-order valence-corrected chi connectivity index (χ0v) is 30.0. The van der Waals surface area contributed by atoms with Crippen LogP contribution in [0.4, 0.5) is 0 Å². The molecule has 0 amide bonds. The Labute approximate surface area is 320 Å². The van der Waals surface area contributed by atoms with Gasteiger partial charge in [-0.2, -0.15) is 0 Å². The van der Waals surface area contributed by atoms with E-state index in [9.17, 15) is 0 Å². The van der Waals surface area contributed by atoms with Gasteiger partial charge in [-0.1, -0.05) is 133 Å². The summed E-state index contributed by atoms with van der Waals surface area (Å²) in [5, 5.41) is 11.5. The van der Waals surface area contributed by atoms with Crippen molar-refractivity contribution in [3.8, 4) is 39.9 Å². The molecule has 5 heteroatoms. The van der Waals surface area contributed by atoms with Crippen LogP contribution in [0.5, 0.6) is 0 Å². The van der Waals surface area contributed by atoms with Crippen LogP contribution in [0.25, 0.3) is 116 Å². The van der Waals surface area contributed by atoms with Crippen molar-refractivity contribution in [1.29, 1.82) is 0 Å². The molecule has 0 saturated carbocycles. The fraction of sp³-hybridized carbons (Fsp3) is 0. The highest BCUT2D eigenvalue weighted by Crippen LogP contribution is 2.43. The molecule has 0 saturated heterocycles. The minimum absolute atomic E-state index is 0.605. The molecule has 0 N–H and O–H groups in total. The quantitative estimate of drug-likeness (QED) is 0.182. The molecule has 0 fully saturated rings. The van der Waals surface area contributed by atoms with E-state index in [1.165, 1.54) is 26.9 Å². The van der Waals surface area contributed by atoms with Crippen LogP contribution in [-0.4, -0.2) is 19.5 Å². The molecule has 260 valence electrons.